The van der Waals surface area contributed by atoms with Crippen LogP contribution in [-0.4, -0.2) is 44.3 Å². The van der Waals surface area contributed by atoms with Crippen LogP contribution in [0.15, 0.2) is 0 Å². The molecular weight excluding hydrogens is 244 g/mol. The van der Waals surface area contributed by atoms with Gasteiger partial charge in [-0.2, -0.15) is 8.78 Å². The van der Waals surface area contributed by atoms with Crippen molar-refractivity contribution in [3.63, 3.8) is 0 Å². The maximum Gasteiger partial charge on any atom is 0.377 e. The number of ether oxygens (including phenoxy) is 2. The number of hydrogen-bond donors (Lipinski definition) is 1. The first kappa shape index (κ1) is 15.3. The Morgan fingerprint density at radius 1 is 1.56 bits per heavy atom. The molecule has 0 bridgehead atoms. The van der Waals surface area contributed by atoms with E-state index >= 15 is 0 Å². The van der Waals surface area contributed by atoms with E-state index in [1.165, 1.54) is 0 Å². The predicted octanol–water partition coefficient (Wildman–Crippen LogP) is 1.59. The zero-order valence-corrected chi connectivity index (χ0v) is 10.9. The highest BCUT2D eigenvalue weighted by molar-refractivity contribution is 5.79. The van der Waals surface area contributed by atoms with Gasteiger partial charge in [0.25, 0.3) is 0 Å². The molecule has 106 valence electrons. The molecule has 0 amide bonds. The third-order valence-electron chi connectivity index (χ3n) is 2.52. The molecule has 0 spiro atoms. The smallest absolute Gasteiger partial charge is 0.377 e. The first-order valence-corrected chi connectivity index (χ1v) is 6.29. The van der Waals surface area contributed by atoms with Gasteiger partial charge < -0.3 is 14.8 Å². The van der Waals surface area contributed by atoms with E-state index in [9.17, 15) is 13.6 Å². The van der Waals surface area contributed by atoms with E-state index in [2.05, 4.69) is 23.9 Å². The van der Waals surface area contributed by atoms with Crippen molar-refractivity contribution in [2.45, 2.75) is 38.7 Å². The largest absolute Gasteiger partial charge is 0.456 e. The second-order valence-corrected chi connectivity index (χ2v) is 4.96. The summed E-state index contributed by atoms with van der Waals surface area (Å²) in [4.78, 5) is 10.7. The minimum atomic E-state index is -3.31. The Morgan fingerprint density at radius 3 is 2.83 bits per heavy atom. The van der Waals surface area contributed by atoms with Crippen LogP contribution in [0.3, 0.4) is 0 Å². The van der Waals surface area contributed by atoms with E-state index in [-0.39, 0.29) is 6.54 Å². The maximum absolute atomic E-state index is 12.8. The molecule has 18 heavy (non-hydrogen) atoms. The molecule has 0 aliphatic carbocycles. The van der Waals surface area contributed by atoms with Gasteiger partial charge in [-0.1, -0.05) is 13.8 Å². The van der Waals surface area contributed by atoms with Crippen LogP contribution in [0.2, 0.25) is 0 Å². The molecule has 1 saturated heterocycles. The molecule has 1 atom stereocenters. The van der Waals surface area contributed by atoms with Gasteiger partial charge in [0.15, 0.2) is 0 Å². The number of nitrogens with one attached hydrogen (secondary N) is 1. The van der Waals surface area contributed by atoms with E-state index in [0.717, 1.165) is 13.0 Å². The van der Waals surface area contributed by atoms with Gasteiger partial charge in [0.2, 0.25) is 0 Å². The third-order valence-corrected chi connectivity index (χ3v) is 2.52. The lowest BCUT2D eigenvalue weighted by atomic mass is 10.2. The molecule has 1 rings (SSSR count). The first-order chi connectivity index (χ1) is 8.42. The lowest BCUT2D eigenvalue weighted by Gasteiger charge is -2.10. The SMILES string of the molecule is CC(C)COCCCNCC1CC(F)(F)C(=O)O1. The van der Waals surface area contributed by atoms with Crippen molar-refractivity contribution in [3.8, 4) is 0 Å². The third kappa shape index (κ3) is 5.27. The van der Waals surface area contributed by atoms with Crippen LogP contribution in [-0.2, 0) is 14.3 Å². The molecule has 1 heterocycles. The average molecular weight is 265 g/mol. The maximum atomic E-state index is 12.8. The minimum Gasteiger partial charge on any atom is -0.456 e. The summed E-state index contributed by atoms with van der Waals surface area (Å²) in [6.45, 7) is 6.46. The zero-order chi connectivity index (χ0) is 13.6. The Kier molecular flexibility index (Phi) is 5.95. The fourth-order valence-electron chi connectivity index (χ4n) is 1.64. The van der Waals surface area contributed by atoms with Crippen molar-refractivity contribution in [2.24, 2.45) is 5.92 Å². The summed E-state index contributed by atoms with van der Waals surface area (Å²) >= 11 is 0. The fourth-order valence-corrected chi connectivity index (χ4v) is 1.64. The van der Waals surface area contributed by atoms with Crippen molar-refractivity contribution in [2.75, 3.05) is 26.3 Å². The van der Waals surface area contributed by atoms with Crippen molar-refractivity contribution in [1.82, 2.24) is 5.32 Å². The number of rotatable bonds is 8. The summed E-state index contributed by atoms with van der Waals surface area (Å²) in [5, 5.41) is 2.98. The summed E-state index contributed by atoms with van der Waals surface area (Å²) in [5.74, 6) is -4.21. The molecule has 0 aromatic rings. The molecule has 1 aliphatic heterocycles. The average Bonchev–Trinajstić information content (AvgIpc) is 2.51. The van der Waals surface area contributed by atoms with Crippen molar-refractivity contribution in [3.05, 3.63) is 0 Å². The molecular formula is C12H21F2NO3. The van der Waals surface area contributed by atoms with Crippen LogP contribution in [0.4, 0.5) is 8.78 Å². The number of hydrogen-bond acceptors (Lipinski definition) is 4. The van der Waals surface area contributed by atoms with Gasteiger partial charge in [0.1, 0.15) is 6.10 Å². The number of alkyl halides is 2. The molecule has 0 aromatic carbocycles. The highest BCUT2D eigenvalue weighted by atomic mass is 19.3. The number of esters is 1. The number of carbonyl (C=O) groups excluding carboxylic acids is 1. The lowest BCUT2D eigenvalue weighted by molar-refractivity contribution is -0.159. The quantitative estimate of drug-likeness (QED) is 0.535. The van der Waals surface area contributed by atoms with E-state index in [0.29, 0.717) is 19.1 Å². The summed E-state index contributed by atoms with van der Waals surface area (Å²) in [6, 6.07) is 0. The molecule has 0 radical (unpaired) electrons. The number of cyclic esters (lactones) is 1. The van der Waals surface area contributed by atoms with E-state index in [1.807, 2.05) is 0 Å². The Bertz CT molecular complexity index is 272. The topological polar surface area (TPSA) is 47.6 Å². The van der Waals surface area contributed by atoms with Crippen molar-refractivity contribution in [1.29, 1.82) is 0 Å². The molecule has 0 aromatic heterocycles. The molecule has 1 unspecified atom stereocenters. The van der Waals surface area contributed by atoms with Gasteiger partial charge in [-0.3, -0.25) is 0 Å². The molecule has 0 saturated carbocycles. The summed E-state index contributed by atoms with van der Waals surface area (Å²) in [7, 11) is 0. The molecule has 1 N–H and O–H groups in total. The minimum absolute atomic E-state index is 0.269. The Hall–Kier alpha value is -0.750. The van der Waals surface area contributed by atoms with Crippen LogP contribution in [0, 0.1) is 5.92 Å². The molecule has 1 aliphatic rings. The normalized spacial score (nSPS) is 22.5. The van der Waals surface area contributed by atoms with E-state index < -0.39 is 24.4 Å². The van der Waals surface area contributed by atoms with E-state index in [4.69, 9.17) is 4.74 Å². The van der Waals surface area contributed by atoms with Crippen LogP contribution >= 0.6 is 0 Å². The molecule has 6 heteroatoms. The highest BCUT2D eigenvalue weighted by Gasteiger charge is 2.50. The van der Waals surface area contributed by atoms with Crippen LogP contribution < -0.4 is 5.32 Å². The van der Waals surface area contributed by atoms with Gasteiger partial charge in [0, 0.05) is 19.8 Å². The monoisotopic (exact) mass is 265 g/mol. The zero-order valence-electron chi connectivity index (χ0n) is 10.9. The summed E-state index contributed by atoms with van der Waals surface area (Å²) in [5.41, 5.74) is 0. The second-order valence-electron chi connectivity index (χ2n) is 4.96. The Morgan fingerprint density at radius 2 is 2.28 bits per heavy atom. The first-order valence-electron chi connectivity index (χ1n) is 6.29. The summed E-state index contributed by atoms with van der Waals surface area (Å²) < 4.78 is 35.6. The highest BCUT2D eigenvalue weighted by Crippen LogP contribution is 2.30. The summed E-state index contributed by atoms with van der Waals surface area (Å²) in [6.07, 6.45) is -0.434. The second kappa shape index (κ2) is 6.99. The standard InChI is InChI=1S/C12H21F2NO3/c1-9(2)8-17-5-3-4-15-7-10-6-12(13,14)11(16)18-10/h9-10,15H,3-8H2,1-2H3. The van der Waals surface area contributed by atoms with Crippen LogP contribution in [0.25, 0.3) is 0 Å². The van der Waals surface area contributed by atoms with Crippen LogP contribution in [0.5, 0.6) is 0 Å². The predicted molar refractivity (Wildman–Crippen MR) is 62.6 cm³/mol. The number of carbonyl (C=O) groups is 1. The van der Waals surface area contributed by atoms with Gasteiger partial charge in [-0.05, 0) is 18.9 Å². The van der Waals surface area contributed by atoms with E-state index in [1.54, 1.807) is 0 Å². The Labute approximate surface area is 106 Å². The van der Waals surface area contributed by atoms with Gasteiger partial charge >= 0.3 is 11.9 Å². The number of halogens is 2. The van der Waals surface area contributed by atoms with Gasteiger partial charge in [-0.15, -0.1) is 0 Å². The molecule has 4 nitrogen and oxygen atoms in total. The lowest BCUT2D eigenvalue weighted by Crippen LogP contribution is -2.28. The van der Waals surface area contributed by atoms with Crippen molar-refractivity contribution >= 4 is 5.97 Å². The van der Waals surface area contributed by atoms with Crippen molar-refractivity contribution < 1.29 is 23.0 Å². The molecule has 1 fully saturated rings. The van der Waals surface area contributed by atoms with Crippen LogP contribution in [0.1, 0.15) is 26.7 Å². The Balaban J connectivity index is 1.98. The van der Waals surface area contributed by atoms with Gasteiger partial charge in [0.05, 0.1) is 6.42 Å². The fraction of sp³-hybridized carbons (Fsp3) is 0.917. The van der Waals surface area contributed by atoms with Gasteiger partial charge in [-0.25, -0.2) is 4.79 Å².